The number of piperidine rings is 1. The van der Waals surface area contributed by atoms with Crippen LogP contribution in [0.5, 0.6) is 0 Å². The maximum Gasteiger partial charge on any atom is 0.338 e. The van der Waals surface area contributed by atoms with Crippen LogP contribution in [-0.4, -0.2) is 30.1 Å². The number of esters is 1. The van der Waals surface area contributed by atoms with E-state index in [1.54, 1.807) is 0 Å². The summed E-state index contributed by atoms with van der Waals surface area (Å²) in [6.07, 6.45) is 8.32. The lowest BCUT2D eigenvalue weighted by atomic mass is 9.74. The molecule has 4 heteroatoms. The van der Waals surface area contributed by atoms with Gasteiger partial charge < -0.3 is 4.74 Å². The molecule has 0 amide bonds. The first-order valence-corrected chi connectivity index (χ1v) is 10.3. The van der Waals surface area contributed by atoms with Crippen LogP contribution in [0.15, 0.2) is 60.7 Å². The monoisotopic (exact) mass is 399 g/mol. The molecule has 2 aromatic rings. The topological polar surface area (TPSA) is 29.5 Å². The Balaban J connectivity index is 0.00000225. The predicted molar refractivity (Wildman–Crippen MR) is 115 cm³/mol. The highest BCUT2D eigenvalue weighted by molar-refractivity contribution is 5.89. The lowest BCUT2D eigenvalue weighted by molar-refractivity contribution is -0.0241. The van der Waals surface area contributed by atoms with Crippen molar-refractivity contribution < 1.29 is 9.53 Å². The van der Waals surface area contributed by atoms with Gasteiger partial charge >= 0.3 is 5.97 Å². The van der Waals surface area contributed by atoms with E-state index in [9.17, 15) is 4.79 Å². The van der Waals surface area contributed by atoms with Crippen LogP contribution in [0.3, 0.4) is 0 Å². The lowest BCUT2D eigenvalue weighted by Gasteiger charge is -2.49. The third-order valence-corrected chi connectivity index (χ3v) is 6.32. The molecule has 0 unspecified atom stereocenters. The quantitative estimate of drug-likeness (QED) is 0.627. The zero-order chi connectivity index (χ0) is 18.5. The SMILES string of the molecule is Cl.O=C(OC1CCN(C2(c3ccccc3)CCCCC2)CC1)c1ccccc1. The van der Waals surface area contributed by atoms with Crippen molar-refractivity contribution in [1.29, 1.82) is 0 Å². The van der Waals surface area contributed by atoms with E-state index in [0.717, 1.165) is 25.9 Å². The van der Waals surface area contributed by atoms with Crippen molar-refractivity contribution in [2.24, 2.45) is 0 Å². The van der Waals surface area contributed by atoms with Crippen LogP contribution >= 0.6 is 12.4 Å². The van der Waals surface area contributed by atoms with Crippen LogP contribution in [0.2, 0.25) is 0 Å². The smallest absolute Gasteiger partial charge is 0.338 e. The van der Waals surface area contributed by atoms with E-state index in [-0.39, 0.29) is 30.0 Å². The minimum atomic E-state index is -0.190. The summed E-state index contributed by atoms with van der Waals surface area (Å²) in [6.45, 7) is 2.00. The van der Waals surface area contributed by atoms with Gasteiger partial charge in [-0.2, -0.15) is 0 Å². The van der Waals surface area contributed by atoms with Gasteiger partial charge in [0.2, 0.25) is 0 Å². The Morgan fingerprint density at radius 3 is 2.04 bits per heavy atom. The van der Waals surface area contributed by atoms with E-state index < -0.39 is 0 Å². The number of benzene rings is 2. The number of hydrogen-bond donors (Lipinski definition) is 0. The van der Waals surface area contributed by atoms with Crippen LogP contribution in [0.1, 0.15) is 60.9 Å². The van der Waals surface area contributed by atoms with Gasteiger partial charge in [-0.15, -0.1) is 12.4 Å². The van der Waals surface area contributed by atoms with Gasteiger partial charge in [0.05, 0.1) is 5.56 Å². The third-order valence-electron chi connectivity index (χ3n) is 6.32. The Morgan fingerprint density at radius 1 is 0.857 bits per heavy atom. The van der Waals surface area contributed by atoms with Crippen molar-refractivity contribution in [3.63, 3.8) is 0 Å². The molecule has 150 valence electrons. The molecule has 0 N–H and O–H groups in total. The van der Waals surface area contributed by atoms with Crippen LogP contribution in [0, 0.1) is 0 Å². The van der Waals surface area contributed by atoms with Gasteiger partial charge in [0.25, 0.3) is 0 Å². The van der Waals surface area contributed by atoms with Crippen molar-refractivity contribution in [2.45, 2.75) is 56.6 Å². The Morgan fingerprint density at radius 2 is 1.43 bits per heavy atom. The molecule has 28 heavy (non-hydrogen) atoms. The molecule has 0 radical (unpaired) electrons. The highest BCUT2D eigenvalue weighted by atomic mass is 35.5. The molecule has 2 aliphatic rings. The van der Waals surface area contributed by atoms with E-state index >= 15 is 0 Å². The molecule has 1 saturated heterocycles. The molecule has 0 atom stereocenters. The summed E-state index contributed by atoms with van der Waals surface area (Å²) in [5, 5.41) is 0. The first-order chi connectivity index (χ1) is 13.3. The molecule has 0 bridgehead atoms. The average molecular weight is 400 g/mol. The van der Waals surface area contributed by atoms with Crippen molar-refractivity contribution in [2.75, 3.05) is 13.1 Å². The average Bonchev–Trinajstić information content (AvgIpc) is 2.76. The second kappa shape index (κ2) is 9.58. The Labute approximate surface area is 174 Å². The molecular formula is C24H30ClNO2. The fourth-order valence-corrected chi connectivity index (χ4v) is 4.87. The fraction of sp³-hybridized carbons (Fsp3) is 0.458. The molecule has 1 saturated carbocycles. The molecule has 2 aromatic carbocycles. The summed E-state index contributed by atoms with van der Waals surface area (Å²) in [5.74, 6) is -0.190. The molecule has 1 aliphatic heterocycles. The normalized spacial score (nSPS) is 20.1. The van der Waals surface area contributed by atoms with Gasteiger partial charge in [-0.1, -0.05) is 67.8 Å². The van der Waals surface area contributed by atoms with Crippen LogP contribution < -0.4 is 0 Å². The van der Waals surface area contributed by atoms with Gasteiger partial charge in [0.1, 0.15) is 6.10 Å². The Kier molecular flexibility index (Phi) is 7.14. The largest absolute Gasteiger partial charge is 0.459 e. The molecule has 2 fully saturated rings. The number of nitrogens with zero attached hydrogens (tertiary/aromatic N) is 1. The summed E-state index contributed by atoms with van der Waals surface area (Å²) in [7, 11) is 0. The van der Waals surface area contributed by atoms with E-state index in [0.29, 0.717) is 5.56 Å². The van der Waals surface area contributed by atoms with Gasteiger partial charge in [-0.25, -0.2) is 4.79 Å². The molecule has 0 spiro atoms. The minimum absolute atomic E-state index is 0. The molecule has 1 heterocycles. The molecule has 0 aromatic heterocycles. The van der Waals surface area contributed by atoms with Crippen LogP contribution in [-0.2, 0) is 10.3 Å². The summed E-state index contributed by atoms with van der Waals surface area (Å²) in [6, 6.07) is 20.4. The number of rotatable bonds is 4. The standard InChI is InChI=1S/C24H29NO2.ClH/c26-23(20-10-4-1-5-11-20)27-22-14-18-25(19-15-22)24(16-8-3-9-17-24)21-12-6-2-7-13-21;/h1-2,4-7,10-13,22H,3,8-9,14-19H2;1H. The summed E-state index contributed by atoms with van der Waals surface area (Å²) < 4.78 is 5.79. The number of carbonyl (C=O) groups is 1. The fourth-order valence-electron chi connectivity index (χ4n) is 4.87. The van der Waals surface area contributed by atoms with E-state index in [1.807, 2.05) is 30.3 Å². The first-order valence-electron chi connectivity index (χ1n) is 10.3. The maximum absolute atomic E-state index is 12.3. The van der Waals surface area contributed by atoms with E-state index in [2.05, 4.69) is 35.2 Å². The van der Waals surface area contributed by atoms with Crippen molar-refractivity contribution >= 4 is 18.4 Å². The Hall–Kier alpha value is -1.84. The van der Waals surface area contributed by atoms with E-state index in [4.69, 9.17) is 4.74 Å². The van der Waals surface area contributed by atoms with Crippen LogP contribution in [0.25, 0.3) is 0 Å². The second-order valence-electron chi connectivity index (χ2n) is 7.92. The van der Waals surface area contributed by atoms with Crippen LogP contribution in [0.4, 0.5) is 0 Å². The third kappa shape index (κ3) is 4.42. The van der Waals surface area contributed by atoms with Crippen molar-refractivity contribution in [3.8, 4) is 0 Å². The second-order valence-corrected chi connectivity index (χ2v) is 7.92. The van der Waals surface area contributed by atoms with Crippen molar-refractivity contribution in [1.82, 2.24) is 4.90 Å². The maximum atomic E-state index is 12.3. The lowest BCUT2D eigenvalue weighted by Crippen LogP contribution is -2.52. The van der Waals surface area contributed by atoms with Gasteiger partial charge in [-0.05, 0) is 43.4 Å². The highest BCUT2D eigenvalue weighted by Gasteiger charge is 2.41. The zero-order valence-corrected chi connectivity index (χ0v) is 17.2. The Bertz CT molecular complexity index is 736. The van der Waals surface area contributed by atoms with Crippen molar-refractivity contribution in [3.05, 3.63) is 71.8 Å². The summed E-state index contributed by atoms with van der Waals surface area (Å²) in [4.78, 5) is 15.0. The first kappa shape index (κ1) is 20.9. The number of likely N-dealkylation sites (tertiary alicyclic amines) is 1. The van der Waals surface area contributed by atoms with Gasteiger partial charge in [-0.3, -0.25) is 4.90 Å². The summed E-state index contributed by atoms with van der Waals surface area (Å²) in [5.41, 5.74) is 2.28. The number of carbonyl (C=O) groups excluding carboxylic acids is 1. The predicted octanol–water partition coefficient (Wildman–Crippen LogP) is 5.59. The molecule has 4 rings (SSSR count). The van der Waals surface area contributed by atoms with Gasteiger partial charge in [0, 0.05) is 18.6 Å². The molecule has 1 aliphatic carbocycles. The number of ether oxygens (including phenoxy) is 1. The zero-order valence-electron chi connectivity index (χ0n) is 16.4. The molecular weight excluding hydrogens is 370 g/mol. The minimum Gasteiger partial charge on any atom is -0.459 e. The number of halogens is 1. The van der Waals surface area contributed by atoms with Gasteiger partial charge in [0.15, 0.2) is 0 Å². The summed E-state index contributed by atoms with van der Waals surface area (Å²) >= 11 is 0. The molecule has 3 nitrogen and oxygen atoms in total. The highest BCUT2D eigenvalue weighted by Crippen LogP contribution is 2.43. The number of hydrogen-bond acceptors (Lipinski definition) is 3. The van der Waals surface area contributed by atoms with E-state index in [1.165, 1.54) is 37.7 Å².